The van der Waals surface area contributed by atoms with Crippen LogP contribution in [0.5, 0.6) is 0 Å². The van der Waals surface area contributed by atoms with Crippen molar-refractivity contribution in [1.29, 1.82) is 0 Å². The van der Waals surface area contributed by atoms with Crippen molar-refractivity contribution in [1.82, 2.24) is 10.2 Å². The van der Waals surface area contributed by atoms with E-state index in [1.807, 2.05) is 0 Å². The minimum Gasteiger partial charge on any atom is -0.315 e. The van der Waals surface area contributed by atoms with Gasteiger partial charge in [-0.3, -0.25) is 14.5 Å². The Labute approximate surface area is 114 Å². The van der Waals surface area contributed by atoms with Crippen molar-refractivity contribution in [3.8, 4) is 0 Å². The number of carbonyl (C=O) groups is 2. The highest BCUT2D eigenvalue weighted by atomic mass is 16.2. The minimum atomic E-state index is -0.327. The molecule has 0 aromatic carbocycles. The van der Waals surface area contributed by atoms with Crippen LogP contribution in [0.15, 0.2) is 0 Å². The van der Waals surface area contributed by atoms with Gasteiger partial charge >= 0.3 is 0 Å². The van der Waals surface area contributed by atoms with Crippen molar-refractivity contribution < 1.29 is 9.59 Å². The smallest absolute Gasteiger partial charge is 0.236 e. The molecule has 0 aromatic rings. The Balaban J connectivity index is 1.82. The van der Waals surface area contributed by atoms with E-state index in [2.05, 4.69) is 12.2 Å². The average molecular weight is 264 g/mol. The van der Waals surface area contributed by atoms with Crippen molar-refractivity contribution in [2.24, 2.45) is 11.3 Å². The zero-order valence-electron chi connectivity index (χ0n) is 11.8. The summed E-state index contributed by atoms with van der Waals surface area (Å²) >= 11 is 0. The third kappa shape index (κ3) is 2.10. The van der Waals surface area contributed by atoms with Gasteiger partial charge in [-0.2, -0.15) is 0 Å². The third-order valence-corrected chi connectivity index (χ3v) is 5.36. The molecule has 1 aliphatic carbocycles. The van der Waals surface area contributed by atoms with Crippen LogP contribution in [0.25, 0.3) is 0 Å². The summed E-state index contributed by atoms with van der Waals surface area (Å²) < 4.78 is 0. The van der Waals surface area contributed by atoms with E-state index in [9.17, 15) is 9.59 Å². The Morgan fingerprint density at radius 2 is 1.95 bits per heavy atom. The number of rotatable bonds is 1. The van der Waals surface area contributed by atoms with E-state index in [-0.39, 0.29) is 23.3 Å². The Hall–Kier alpha value is -0.900. The number of amides is 2. The molecule has 0 aromatic heterocycles. The molecule has 2 aliphatic heterocycles. The molecule has 2 heterocycles. The van der Waals surface area contributed by atoms with Gasteiger partial charge in [0.25, 0.3) is 0 Å². The first-order valence-corrected chi connectivity index (χ1v) is 7.71. The maximum Gasteiger partial charge on any atom is 0.236 e. The molecule has 1 spiro atoms. The van der Waals surface area contributed by atoms with E-state index in [1.165, 1.54) is 6.42 Å². The fourth-order valence-electron chi connectivity index (χ4n) is 4.09. The second-order valence-corrected chi connectivity index (χ2v) is 6.62. The van der Waals surface area contributed by atoms with E-state index in [0.29, 0.717) is 12.3 Å². The van der Waals surface area contributed by atoms with Crippen LogP contribution in [0.1, 0.15) is 51.9 Å². The van der Waals surface area contributed by atoms with Gasteiger partial charge in [-0.1, -0.05) is 26.2 Å². The summed E-state index contributed by atoms with van der Waals surface area (Å²) in [5.74, 6) is 0.637. The summed E-state index contributed by atoms with van der Waals surface area (Å²) in [7, 11) is 0. The SMILES string of the molecule is CC1CCNCC1N1C(=O)CC2(CCCCC2)C1=O. The molecule has 0 radical (unpaired) electrons. The fraction of sp³-hybridized carbons (Fsp3) is 0.867. The maximum absolute atomic E-state index is 12.8. The summed E-state index contributed by atoms with van der Waals surface area (Å²) in [6, 6.07) is 0.0788. The molecule has 2 unspecified atom stereocenters. The Morgan fingerprint density at radius 1 is 1.21 bits per heavy atom. The normalized spacial score (nSPS) is 35.1. The molecule has 3 aliphatic rings. The first-order valence-electron chi connectivity index (χ1n) is 7.71. The van der Waals surface area contributed by atoms with E-state index in [0.717, 1.165) is 45.2 Å². The Bertz CT molecular complexity index is 388. The number of nitrogens with zero attached hydrogens (tertiary/aromatic N) is 1. The van der Waals surface area contributed by atoms with Crippen LogP contribution in [0, 0.1) is 11.3 Å². The number of hydrogen-bond donors (Lipinski definition) is 1. The highest BCUT2D eigenvalue weighted by Gasteiger charge is 2.54. The number of hydrogen-bond acceptors (Lipinski definition) is 3. The second-order valence-electron chi connectivity index (χ2n) is 6.62. The number of nitrogens with one attached hydrogen (secondary N) is 1. The van der Waals surface area contributed by atoms with Gasteiger partial charge < -0.3 is 5.32 Å². The van der Waals surface area contributed by atoms with Gasteiger partial charge in [-0.05, 0) is 31.7 Å². The van der Waals surface area contributed by atoms with Crippen LogP contribution in [-0.4, -0.2) is 35.8 Å². The molecule has 3 rings (SSSR count). The lowest BCUT2D eigenvalue weighted by atomic mass is 9.73. The van der Waals surface area contributed by atoms with E-state index in [1.54, 1.807) is 4.90 Å². The second kappa shape index (κ2) is 4.89. The predicted molar refractivity (Wildman–Crippen MR) is 72.4 cm³/mol. The van der Waals surface area contributed by atoms with E-state index < -0.39 is 0 Å². The molecular formula is C15H24N2O2. The van der Waals surface area contributed by atoms with Gasteiger partial charge in [0.15, 0.2) is 0 Å². The number of likely N-dealkylation sites (tertiary alicyclic amines) is 1. The molecule has 3 fully saturated rings. The summed E-state index contributed by atoms with van der Waals surface area (Å²) in [6.45, 7) is 3.94. The van der Waals surface area contributed by atoms with Gasteiger partial charge in [0.1, 0.15) is 0 Å². The minimum absolute atomic E-state index is 0.0763. The lowest BCUT2D eigenvalue weighted by Crippen LogP contribution is -2.53. The van der Waals surface area contributed by atoms with Gasteiger partial charge in [-0.25, -0.2) is 0 Å². The molecule has 2 atom stereocenters. The first kappa shape index (κ1) is 13.1. The summed E-state index contributed by atoms with van der Waals surface area (Å²) in [6.07, 6.45) is 6.77. The lowest BCUT2D eigenvalue weighted by Gasteiger charge is -2.37. The molecule has 2 saturated heterocycles. The van der Waals surface area contributed by atoms with Crippen molar-refractivity contribution in [2.45, 2.75) is 57.9 Å². The van der Waals surface area contributed by atoms with Crippen molar-refractivity contribution in [2.75, 3.05) is 13.1 Å². The van der Waals surface area contributed by atoms with E-state index >= 15 is 0 Å². The summed E-state index contributed by atoms with van der Waals surface area (Å²) in [5.41, 5.74) is -0.327. The fourth-order valence-corrected chi connectivity index (χ4v) is 4.09. The van der Waals surface area contributed by atoms with Gasteiger partial charge in [0, 0.05) is 13.0 Å². The van der Waals surface area contributed by atoms with Gasteiger partial charge in [-0.15, -0.1) is 0 Å². The quantitative estimate of drug-likeness (QED) is 0.733. The molecule has 4 nitrogen and oxygen atoms in total. The van der Waals surface area contributed by atoms with Crippen LogP contribution in [-0.2, 0) is 9.59 Å². The van der Waals surface area contributed by atoms with Crippen LogP contribution in [0.3, 0.4) is 0 Å². The summed E-state index contributed by atoms with van der Waals surface area (Å²) in [4.78, 5) is 26.8. The first-order chi connectivity index (χ1) is 9.14. The number of imide groups is 1. The van der Waals surface area contributed by atoms with Crippen molar-refractivity contribution >= 4 is 11.8 Å². The van der Waals surface area contributed by atoms with Gasteiger partial charge in [0.2, 0.25) is 11.8 Å². The molecule has 2 amide bonds. The molecule has 106 valence electrons. The van der Waals surface area contributed by atoms with Crippen LogP contribution < -0.4 is 5.32 Å². The highest BCUT2D eigenvalue weighted by molar-refractivity contribution is 6.06. The molecular weight excluding hydrogens is 240 g/mol. The standard InChI is InChI=1S/C15H24N2O2/c1-11-5-8-16-10-12(11)17-13(18)9-15(14(17)19)6-3-2-4-7-15/h11-12,16H,2-10H2,1H3. The molecule has 0 bridgehead atoms. The zero-order valence-corrected chi connectivity index (χ0v) is 11.8. The molecule has 1 saturated carbocycles. The lowest BCUT2D eigenvalue weighted by molar-refractivity contribution is -0.146. The molecule has 1 N–H and O–H groups in total. The number of carbonyl (C=O) groups excluding carboxylic acids is 2. The summed E-state index contributed by atoms with van der Waals surface area (Å²) in [5, 5.41) is 3.33. The molecule has 4 heteroatoms. The van der Waals surface area contributed by atoms with E-state index in [4.69, 9.17) is 0 Å². The maximum atomic E-state index is 12.8. The zero-order chi connectivity index (χ0) is 13.5. The van der Waals surface area contributed by atoms with Crippen molar-refractivity contribution in [3.05, 3.63) is 0 Å². The van der Waals surface area contributed by atoms with Gasteiger partial charge in [0.05, 0.1) is 11.5 Å². The molecule has 19 heavy (non-hydrogen) atoms. The van der Waals surface area contributed by atoms with Crippen molar-refractivity contribution in [3.63, 3.8) is 0 Å². The van der Waals surface area contributed by atoms with Crippen LogP contribution in [0.4, 0.5) is 0 Å². The predicted octanol–water partition coefficient (Wildman–Crippen LogP) is 1.69. The monoisotopic (exact) mass is 264 g/mol. The Morgan fingerprint density at radius 3 is 2.63 bits per heavy atom. The third-order valence-electron chi connectivity index (χ3n) is 5.36. The average Bonchev–Trinajstić information content (AvgIpc) is 2.63. The van der Waals surface area contributed by atoms with Crippen LogP contribution in [0.2, 0.25) is 0 Å². The topological polar surface area (TPSA) is 49.4 Å². The van der Waals surface area contributed by atoms with Crippen LogP contribution >= 0.6 is 0 Å². The largest absolute Gasteiger partial charge is 0.315 e. The number of piperidine rings is 1. The highest BCUT2D eigenvalue weighted by Crippen LogP contribution is 2.46. The Kier molecular flexibility index (Phi) is 3.37.